The van der Waals surface area contributed by atoms with Crippen molar-refractivity contribution in [3.8, 4) is 5.75 Å². The monoisotopic (exact) mass is 215 g/mol. The van der Waals surface area contributed by atoms with Gasteiger partial charge in [0.15, 0.2) is 0 Å². The molecule has 84 valence electrons. The Labute approximate surface area is 96.0 Å². The Morgan fingerprint density at radius 3 is 2.81 bits per heavy atom. The van der Waals surface area contributed by atoms with Crippen LogP contribution < -0.4 is 10.5 Å². The van der Waals surface area contributed by atoms with Gasteiger partial charge < -0.3 is 10.5 Å². The Bertz CT molecular complexity index is 479. The summed E-state index contributed by atoms with van der Waals surface area (Å²) in [4.78, 5) is 0. The maximum atomic E-state index is 5.73. The van der Waals surface area contributed by atoms with Crippen LogP contribution in [-0.2, 0) is 6.54 Å². The molecule has 16 heavy (non-hydrogen) atoms. The van der Waals surface area contributed by atoms with Gasteiger partial charge in [0, 0.05) is 6.54 Å². The highest BCUT2D eigenvalue weighted by Gasteiger charge is 2.01. The second-order valence-corrected chi connectivity index (χ2v) is 3.85. The molecule has 2 aromatic carbocycles. The molecule has 0 aliphatic carbocycles. The number of hydrogen-bond acceptors (Lipinski definition) is 2. The summed E-state index contributed by atoms with van der Waals surface area (Å²) < 4.78 is 5.62. The van der Waals surface area contributed by atoms with Crippen LogP contribution in [0.15, 0.2) is 36.4 Å². The second-order valence-electron chi connectivity index (χ2n) is 3.85. The molecule has 2 rings (SSSR count). The van der Waals surface area contributed by atoms with Gasteiger partial charge in [-0.1, -0.05) is 31.2 Å². The van der Waals surface area contributed by atoms with Crippen molar-refractivity contribution in [1.29, 1.82) is 0 Å². The van der Waals surface area contributed by atoms with Crippen LogP contribution >= 0.6 is 0 Å². The molecule has 0 saturated carbocycles. The summed E-state index contributed by atoms with van der Waals surface area (Å²) >= 11 is 0. The van der Waals surface area contributed by atoms with Crippen molar-refractivity contribution in [2.45, 2.75) is 19.9 Å². The van der Waals surface area contributed by atoms with E-state index in [0.717, 1.165) is 18.8 Å². The summed E-state index contributed by atoms with van der Waals surface area (Å²) in [5.41, 5.74) is 6.89. The van der Waals surface area contributed by atoms with E-state index in [4.69, 9.17) is 10.5 Å². The average Bonchev–Trinajstić information content (AvgIpc) is 2.35. The number of fused-ring (bicyclic) bond motifs is 1. The molecule has 0 saturated heterocycles. The molecule has 0 radical (unpaired) electrons. The van der Waals surface area contributed by atoms with Crippen molar-refractivity contribution in [2.24, 2.45) is 5.73 Å². The molecule has 0 aromatic heterocycles. The van der Waals surface area contributed by atoms with Gasteiger partial charge in [-0.15, -0.1) is 0 Å². The number of nitrogens with two attached hydrogens (primary N) is 1. The minimum absolute atomic E-state index is 0.564. The topological polar surface area (TPSA) is 35.2 Å². The Morgan fingerprint density at radius 1 is 1.19 bits per heavy atom. The number of hydrogen-bond donors (Lipinski definition) is 1. The summed E-state index contributed by atoms with van der Waals surface area (Å²) in [5.74, 6) is 0.926. The standard InChI is InChI=1S/C14H17NO/c1-2-8-16-13-7-6-11-4-3-5-12(10-15)14(11)9-13/h3-7,9H,2,8,10,15H2,1H3. The lowest BCUT2D eigenvalue weighted by Crippen LogP contribution is -1.98. The number of benzene rings is 2. The molecule has 2 nitrogen and oxygen atoms in total. The molecule has 2 aromatic rings. The first kappa shape index (κ1) is 11.0. The zero-order chi connectivity index (χ0) is 11.4. The van der Waals surface area contributed by atoms with Gasteiger partial charge in [-0.3, -0.25) is 0 Å². The van der Waals surface area contributed by atoms with Gasteiger partial charge in [-0.25, -0.2) is 0 Å². The highest BCUT2D eigenvalue weighted by atomic mass is 16.5. The predicted octanol–water partition coefficient (Wildman–Crippen LogP) is 3.09. The molecule has 2 N–H and O–H groups in total. The lowest BCUT2D eigenvalue weighted by atomic mass is 10.0. The van der Waals surface area contributed by atoms with Crippen LogP contribution in [0.5, 0.6) is 5.75 Å². The van der Waals surface area contributed by atoms with Crippen LogP contribution in [-0.4, -0.2) is 6.61 Å². The summed E-state index contributed by atoms with van der Waals surface area (Å²) in [6, 6.07) is 12.4. The van der Waals surface area contributed by atoms with Gasteiger partial charge in [0.05, 0.1) is 6.61 Å². The zero-order valence-electron chi connectivity index (χ0n) is 9.57. The predicted molar refractivity (Wildman–Crippen MR) is 67.6 cm³/mol. The van der Waals surface area contributed by atoms with Crippen LogP contribution in [0.2, 0.25) is 0 Å². The molecule has 2 heteroatoms. The SMILES string of the molecule is CCCOc1ccc2cccc(CN)c2c1. The first-order valence-corrected chi connectivity index (χ1v) is 5.69. The van der Waals surface area contributed by atoms with Gasteiger partial charge in [-0.2, -0.15) is 0 Å². The number of rotatable bonds is 4. The molecule has 0 aliphatic rings. The Kier molecular flexibility index (Phi) is 3.42. The van der Waals surface area contributed by atoms with Gasteiger partial charge >= 0.3 is 0 Å². The lowest BCUT2D eigenvalue weighted by Gasteiger charge is -2.08. The van der Waals surface area contributed by atoms with Crippen molar-refractivity contribution >= 4 is 10.8 Å². The van der Waals surface area contributed by atoms with E-state index in [-0.39, 0.29) is 0 Å². The van der Waals surface area contributed by atoms with Crippen LogP contribution in [0.3, 0.4) is 0 Å². The third-order valence-corrected chi connectivity index (χ3v) is 2.64. The van der Waals surface area contributed by atoms with Gasteiger partial charge in [-0.05, 0) is 34.9 Å². The van der Waals surface area contributed by atoms with Crippen LogP contribution in [0, 0.1) is 0 Å². The van der Waals surface area contributed by atoms with Crippen molar-refractivity contribution in [3.63, 3.8) is 0 Å². The molecule has 0 bridgehead atoms. The van der Waals surface area contributed by atoms with E-state index in [9.17, 15) is 0 Å². The van der Waals surface area contributed by atoms with E-state index in [1.807, 2.05) is 12.1 Å². The fourth-order valence-corrected chi connectivity index (χ4v) is 1.80. The molecule has 0 unspecified atom stereocenters. The zero-order valence-corrected chi connectivity index (χ0v) is 9.57. The van der Waals surface area contributed by atoms with E-state index in [2.05, 4.69) is 31.2 Å². The Morgan fingerprint density at radius 2 is 2.06 bits per heavy atom. The molecular weight excluding hydrogens is 198 g/mol. The van der Waals surface area contributed by atoms with Crippen LogP contribution in [0.1, 0.15) is 18.9 Å². The maximum absolute atomic E-state index is 5.73. The van der Waals surface area contributed by atoms with E-state index >= 15 is 0 Å². The van der Waals surface area contributed by atoms with E-state index in [1.54, 1.807) is 0 Å². The van der Waals surface area contributed by atoms with Crippen molar-refractivity contribution in [3.05, 3.63) is 42.0 Å². The average molecular weight is 215 g/mol. The minimum atomic E-state index is 0.564. The van der Waals surface area contributed by atoms with Gasteiger partial charge in [0.2, 0.25) is 0 Å². The summed E-state index contributed by atoms with van der Waals surface area (Å²) in [5, 5.41) is 2.41. The summed E-state index contributed by atoms with van der Waals surface area (Å²) in [6.45, 7) is 3.43. The third-order valence-electron chi connectivity index (χ3n) is 2.64. The first-order chi connectivity index (χ1) is 7.85. The number of ether oxygens (including phenoxy) is 1. The molecule has 0 heterocycles. The minimum Gasteiger partial charge on any atom is -0.494 e. The smallest absolute Gasteiger partial charge is 0.119 e. The highest BCUT2D eigenvalue weighted by molar-refractivity contribution is 5.87. The molecule has 0 atom stereocenters. The van der Waals surface area contributed by atoms with Crippen molar-refractivity contribution in [1.82, 2.24) is 0 Å². The fraction of sp³-hybridized carbons (Fsp3) is 0.286. The van der Waals surface area contributed by atoms with E-state index in [0.29, 0.717) is 6.54 Å². The lowest BCUT2D eigenvalue weighted by molar-refractivity contribution is 0.318. The van der Waals surface area contributed by atoms with Crippen LogP contribution in [0.25, 0.3) is 10.8 Å². The Balaban J connectivity index is 2.42. The van der Waals surface area contributed by atoms with E-state index in [1.165, 1.54) is 16.3 Å². The summed E-state index contributed by atoms with van der Waals surface area (Å²) in [7, 11) is 0. The maximum Gasteiger partial charge on any atom is 0.119 e. The first-order valence-electron chi connectivity index (χ1n) is 5.69. The van der Waals surface area contributed by atoms with Crippen molar-refractivity contribution < 1.29 is 4.74 Å². The highest BCUT2D eigenvalue weighted by Crippen LogP contribution is 2.24. The van der Waals surface area contributed by atoms with Crippen LogP contribution in [0.4, 0.5) is 0 Å². The Hall–Kier alpha value is -1.54. The molecule has 0 amide bonds. The molecule has 0 aliphatic heterocycles. The van der Waals surface area contributed by atoms with Crippen molar-refractivity contribution in [2.75, 3.05) is 6.61 Å². The van der Waals surface area contributed by atoms with Gasteiger partial charge in [0.1, 0.15) is 5.75 Å². The second kappa shape index (κ2) is 4.99. The molecule has 0 spiro atoms. The third kappa shape index (κ3) is 2.17. The fourth-order valence-electron chi connectivity index (χ4n) is 1.80. The quantitative estimate of drug-likeness (QED) is 0.850. The van der Waals surface area contributed by atoms with E-state index < -0.39 is 0 Å². The summed E-state index contributed by atoms with van der Waals surface area (Å²) in [6.07, 6.45) is 1.02. The molecular formula is C14H17NO. The molecule has 0 fully saturated rings. The normalized spacial score (nSPS) is 10.6. The largest absolute Gasteiger partial charge is 0.494 e. The van der Waals surface area contributed by atoms with Gasteiger partial charge in [0.25, 0.3) is 0 Å².